The molecule has 0 spiro atoms. The third-order valence-corrected chi connectivity index (χ3v) is 7.69. The Labute approximate surface area is 193 Å². The first-order valence-electron chi connectivity index (χ1n) is 10.6. The van der Waals surface area contributed by atoms with Gasteiger partial charge in [-0.25, -0.2) is 8.42 Å². The van der Waals surface area contributed by atoms with Gasteiger partial charge >= 0.3 is 5.56 Å². The minimum Gasteiger partial charge on any atom is -0.484 e. The lowest BCUT2D eigenvalue weighted by Gasteiger charge is -2.36. The molecule has 0 unspecified atom stereocenters. The first-order chi connectivity index (χ1) is 15.3. The Kier molecular flexibility index (Phi) is 8.16. The molecule has 2 heterocycles. The van der Waals surface area contributed by atoms with Crippen LogP contribution in [0.4, 0.5) is 5.69 Å². The Balaban J connectivity index is 1.90. The summed E-state index contributed by atoms with van der Waals surface area (Å²) in [6, 6.07) is 6.84. The molecular weight excluding hydrogens is 456 g/mol. The monoisotopic (exact) mass is 484 g/mol. The third kappa shape index (κ3) is 5.43. The highest BCUT2D eigenvalue weighted by Crippen LogP contribution is 2.26. The van der Waals surface area contributed by atoms with E-state index in [2.05, 4.69) is 5.10 Å². The van der Waals surface area contributed by atoms with Crippen molar-refractivity contribution in [3.8, 4) is 11.4 Å². The smallest absolute Gasteiger partial charge is 0.316 e. The van der Waals surface area contributed by atoms with Crippen molar-refractivity contribution in [2.75, 3.05) is 50.9 Å². The molecule has 0 saturated carbocycles. The van der Waals surface area contributed by atoms with E-state index in [4.69, 9.17) is 21.1 Å². The molecule has 1 fully saturated rings. The molecule has 1 aromatic carbocycles. The second-order valence-electron chi connectivity index (χ2n) is 7.58. The summed E-state index contributed by atoms with van der Waals surface area (Å²) in [7, 11) is -3.33. The van der Waals surface area contributed by atoms with Crippen molar-refractivity contribution in [2.24, 2.45) is 0 Å². The third-order valence-electron chi connectivity index (χ3n) is 5.18. The van der Waals surface area contributed by atoms with Crippen molar-refractivity contribution < 1.29 is 17.9 Å². The summed E-state index contributed by atoms with van der Waals surface area (Å²) in [4.78, 5) is 15.2. The number of piperazine rings is 1. The summed E-state index contributed by atoms with van der Waals surface area (Å²) in [6.45, 7) is 7.84. The van der Waals surface area contributed by atoms with Gasteiger partial charge in [-0.1, -0.05) is 17.7 Å². The standard InChI is InChI=1S/C21H29ClN4O5S/c1-4-30-12-13-31-20-19(24-8-10-25(11-9-24)32(28,29)16(2)3)15-23-26(21(20)27)18-7-5-6-17(22)14-18/h5-7,14-16H,4,8-13H2,1-3H3. The van der Waals surface area contributed by atoms with E-state index in [0.717, 1.165) is 0 Å². The molecule has 0 bridgehead atoms. The lowest BCUT2D eigenvalue weighted by Crippen LogP contribution is -2.50. The normalized spacial score (nSPS) is 15.3. The van der Waals surface area contributed by atoms with Gasteiger partial charge in [0.25, 0.3) is 0 Å². The fourth-order valence-corrected chi connectivity index (χ4v) is 4.86. The van der Waals surface area contributed by atoms with E-state index in [-0.39, 0.29) is 12.4 Å². The van der Waals surface area contributed by atoms with E-state index in [1.54, 1.807) is 44.3 Å². The highest BCUT2D eigenvalue weighted by Gasteiger charge is 2.31. The molecular formula is C21H29ClN4O5S. The summed E-state index contributed by atoms with van der Waals surface area (Å²) >= 11 is 6.08. The number of benzene rings is 1. The zero-order valence-corrected chi connectivity index (χ0v) is 20.1. The Morgan fingerprint density at radius 1 is 1.16 bits per heavy atom. The summed E-state index contributed by atoms with van der Waals surface area (Å²) in [6.07, 6.45) is 1.57. The fourth-order valence-electron chi connectivity index (χ4n) is 3.41. The molecule has 9 nitrogen and oxygen atoms in total. The Bertz CT molecular complexity index is 1080. The van der Waals surface area contributed by atoms with Crippen LogP contribution in [0.5, 0.6) is 5.75 Å². The number of halogens is 1. The Hall–Kier alpha value is -2.14. The van der Waals surface area contributed by atoms with Gasteiger partial charge in [0.05, 0.1) is 23.7 Å². The SMILES string of the molecule is CCOCCOc1c(N2CCN(S(=O)(=O)C(C)C)CC2)cnn(-c2cccc(Cl)c2)c1=O. The van der Waals surface area contributed by atoms with Gasteiger partial charge in [-0.3, -0.25) is 4.79 Å². The molecule has 1 aromatic heterocycles. The van der Waals surface area contributed by atoms with Gasteiger partial charge in [0.15, 0.2) is 0 Å². The number of hydrogen-bond acceptors (Lipinski definition) is 7. The number of nitrogens with zero attached hydrogens (tertiary/aromatic N) is 4. The van der Waals surface area contributed by atoms with Crippen LogP contribution in [0.15, 0.2) is 35.3 Å². The van der Waals surface area contributed by atoms with Crippen LogP contribution in [0, 0.1) is 0 Å². The van der Waals surface area contributed by atoms with Crippen LogP contribution in [0.2, 0.25) is 5.02 Å². The quantitative estimate of drug-likeness (QED) is 0.503. The Morgan fingerprint density at radius 3 is 2.50 bits per heavy atom. The van der Waals surface area contributed by atoms with Gasteiger partial charge in [0.1, 0.15) is 12.3 Å². The van der Waals surface area contributed by atoms with E-state index < -0.39 is 20.8 Å². The highest BCUT2D eigenvalue weighted by atomic mass is 35.5. The van der Waals surface area contributed by atoms with Gasteiger partial charge in [-0.15, -0.1) is 0 Å². The number of ether oxygens (including phenoxy) is 2. The molecule has 176 valence electrons. The molecule has 0 radical (unpaired) electrons. The zero-order chi connectivity index (χ0) is 23.3. The summed E-state index contributed by atoms with van der Waals surface area (Å²) in [5.74, 6) is 0.153. The van der Waals surface area contributed by atoms with Crippen molar-refractivity contribution in [2.45, 2.75) is 26.0 Å². The summed E-state index contributed by atoms with van der Waals surface area (Å²) in [5.41, 5.74) is 0.640. The van der Waals surface area contributed by atoms with Crippen molar-refractivity contribution in [3.05, 3.63) is 45.8 Å². The van der Waals surface area contributed by atoms with Crippen LogP contribution in [-0.2, 0) is 14.8 Å². The highest BCUT2D eigenvalue weighted by molar-refractivity contribution is 7.89. The largest absolute Gasteiger partial charge is 0.484 e. The minimum atomic E-state index is -3.33. The van der Waals surface area contributed by atoms with Crippen LogP contribution in [0.3, 0.4) is 0 Å². The fraction of sp³-hybridized carbons (Fsp3) is 0.524. The van der Waals surface area contributed by atoms with Gasteiger partial charge in [-0.05, 0) is 39.0 Å². The van der Waals surface area contributed by atoms with E-state index >= 15 is 0 Å². The van der Waals surface area contributed by atoms with Crippen LogP contribution < -0.4 is 15.2 Å². The number of anilines is 1. The summed E-state index contributed by atoms with van der Waals surface area (Å²) < 4.78 is 38.9. The zero-order valence-electron chi connectivity index (χ0n) is 18.5. The predicted molar refractivity (Wildman–Crippen MR) is 125 cm³/mol. The molecule has 3 rings (SSSR count). The molecule has 1 saturated heterocycles. The molecule has 0 aliphatic carbocycles. The van der Waals surface area contributed by atoms with Crippen LogP contribution in [-0.4, -0.2) is 73.8 Å². The van der Waals surface area contributed by atoms with E-state index in [0.29, 0.717) is 55.8 Å². The number of rotatable bonds is 9. The second kappa shape index (κ2) is 10.7. The summed E-state index contributed by atoms with van der Waals surface area (Å²) in [5, 5.41) is 4.34. The molecule has 2 aromatic rings. The van der Waals surface area contributed by atoms with Crippen LogP contribution >= 0.6 is 11.6 Å². The molecule has 0 amide bonds. The number of hydrogen-bond donors (Lipinski definition) is 0. The molecule has 1 aliphatic rings. The molecule has 11 heteroatoms. The second-order valence-corrected chi connectivity index (χ2v) is 10.5. The van der Waals surface area contributed by atoms with E-state index in [9.17, 15) is 13.2 Å². The maximum absolute atomic E-state index is 13.3. The minimum absolute atomic E-state index is 0.153. The molecule has 32 heavy (non-hydrogen) atoms. The predicted octanol–water partition coefficient (Wildman–Crippen LogP) is 2.16. The average molecular weight is 485 g/mol. The first kappa shape index (κ1) is 24.5. The first-order valence-corrected chi connectivity index (χ1v) is 12.5. The van der Waals surface area contributed by atoms with Crippen LogP contribution in [0.25, 0.3) is 5.69 Å². The van der Waals surface area contributed by atoms with Crippen molar-refractivity contribution in [1.29, 1.82) is 0 Å². The van der Waals surface area contributed by atoms with Crippen molar-refractivity contribution >= 4 is 27.3 Å². The van der Waals surface area contributed by atoms with Gasteiger partial charge < -0.3 is 14.4 Å². The van der Waals surface area contributed by atoms with Crippen molar-refractivity contribution in [3.63, 3.8) is 0 Å². The van der Waals surface area contributed by atoms with E-state index in [1.807, 2.05) is 11.8 Å². The average Bonchev–Trinajstić information content (AvgIpc) is 2.77. The van der Waals surface area contributed by atoms with Gasteiger partial charge in [0.2, 0.25) is 15.8 Å². The molecule has 0 atom stereocenters. The maximum atomic E-state index is 13.3. The van der Waals surface area contributed by atoms with Crippen molar-refractivity contribution in [1.82, 2.24) is 14.1 Å². The lowest BCUT2D eigenvalue weighted by atomic mass is 10.3. The van der Waals surface area contributed by atoms with Gasteiger partial charge in [0, 0.05) is 37.8 Å². The molecule has 1 aliphatic heterocycles. The number of sulfonamides is 1. The maximum Gasteiger partial charge on any atom is 0.316 e. The topological polar surface area (TPSA) is 94.0 Å². The van der Waals surface area contributed by atoms with Gasteiger partial charge in [-0.2, -0.15) is 14.1 Å². The van der Waals surface area contributed by atoms with Crippen LogP contribution in [0.1, 0.15) is 20.8 Å². The molecule has 0 N–H and O–H groups in total. The Morgan fingerprint density at radius 2 is 1.88 bits per heavy atom. The van der Waals surface area contributed by atoms with E-state index in [1.165, 1.54) is 8.99 Å². The lowest BCUT2D eigenvalue weighted by molar-refractivity contribution is 0.109. The number of aromatic nitrogens is 2.